The summed E-state index contributed by atoms with van der Waals surface area (Å²) >= 11 is 13.2. The van der Waals surface area contributed by atoms with Crippen LogP contribution in [0.4, 0.5) is 6.01 Å². The van der Waals surface area contributed by atoms with Crippen LogP contribution in [0.25, 0.3) is 11.5 Å². The monoisotopic (exact) mass is 486 g/mol. The van der Waals surface area contributed by atoms with Gasteiger partial charge in [0.05, 0.1) is 14.8 Å². The third-order valence-electron chi connectivity index (χ3n) is 4.68. The van der Waals surface area contributed by atoms with Crippen molar-refractivity contribution in [3.8, 4) is 11.5 Å². The summed E-state index contributed by atoms with van der Waals surface area (Å²) in [6, 6.07) is 7.09. The lowest BCUT2D eigenvalue weighted by molar-refractivity contribution is -0.119. The molecular weight excluding hydrogens is 471 g/mol. The van der Waals surface area contributed by atoms with E-state index in [0.717, 1.165) is 16.9 Å². The maximum atomic E-state index is 13.0. The van der Waals surface area contributed by atoms with E-state index in [1.165, 1.54) is 16.4 Å². The average Bonchev–Trinajstić information content (AvgIpc) is 3.42. The fourth-order valence-corrected chi connectivity index (χ4v) is 6.30. The molecule has 1 amide bonds. The second-order valence-corrected chi connectivity index (χ2v) is 10.9. The van der Waals surface area contributed by atoms with E-state index in [0.29, 0.717) is 27.1 Å². The van der Waals surface area contributed by atoms with E-state index in [-0.39, 0.29) is 23.3 Å². The van der Waals surface area contributed by atoms with Crippen LogP contribution in [0.3, 0.4) is 0 Å². The first-order valence-corrected chi connectivity index (χ1v) is 11.9. The van der Waals surface area contributed by atoms with E-state index >= 15 is 0 Å². The third-order valence-corrected chi connectivity index (χ3v) is 8.09. The second-order valence-electron chi connectivity index (χ2n) is 6.73. The zero-order chi connectivity index (χ0) is 21.5. The Bertz CT molecular complexity index is 1190. The van der Waals surface area contributed by atoms with Gasteiger partial charge in [-0.1, -0.05) is 46.0 Å². The molecule has 1 atom stereocenters. The van der Waals surface area contributed by atoms with Gasteiger partial charge in [0.15, 0.2) is 0 Å². The van der Waals surface area contributed by atoms with Crippen molar-refractivity contribution in [2.45, 2.75) is 30.7 Å². The highest BCUT2D eigenvalue weighted by molar-refractivity contribution is 7.89. The molecule has 12 heteroatoms. The molecule has 3 heterocycles. The molecule has 1 fully saturated rings. The predicted molar refractivity (Wildman–Crippen MR) is 114 cm³/mol. The number of nitrogens with zero attached hydrogens (tertiary/aromatic N) is 3. The number of hydrogen-bond acceptors (Lipinski definition) is 7. The van der Waals surface area contributed by atoms with E-state index < -0.39 is 22.0 Å². The summed E-state index contributed by atoms with van der Waals surface area (Å²) in [5.41, 5.74) is 1.41. The number of halogens is 2. The van der Waals surface area contributed by atoms with Crippen molar-refractivity contribution in [1.29, 1.82) is 0 Å². The number of thiophene rings is 1. The number of benzene rings is 1. The molecule has 0 bridgehead atoms. The number of anilines is 1. The summed E-state index contributed by atoms with van der Waals surface area (Å²) in [4.78, 5) is 12.9. The Labute approximate surface area is 186 Å². The van der Waals surface area contributed by atoms with Gasteiger partial charge < -0.3 is 4.42 Å². The largest absolute Gasteiger partial charge is 0.403 e. The normalized spacial score (nSPS) is 17.4. The number of aromatic nitrogens is 2. The van der Waals surface area contributed by atoms with Crippen molar-refractivity contribution in [1.82, 2.24) is 14.5 Å². The first-order valence-electron chi connectivity index (χ1n) is 8.94. The van der Waals surface area contributed by atoms with Crippen molar-refractivity contribution in [2.75, 3.05) is 11.9 Å². The molecule has 8 nitrogen and oxygen atoms in total. The Hall–Kier alpha value is -1.98. The number of hydrogen-bond donors (Lipinski definition) is 1. The summed E-state index contributed by atoms with van der Waals surface area (Å²) in [6.45, 7) is 2.13. The van der Waals surface area contributed by atoms with E-state index in [1.807, 2.05) is 6.92 Å². The average molecular weight is 487 g/mol. The first-order chi connectivity index (χ1) is 14.3. The minimum atomic E-state index is -3.81. The standard InChI is InChI=1S/C18H16Cl2N4O4S2/c1-10-4-6-11(7-5-10)30(26,27)24-8-2-3-13(24)16(25)21-18-23-22-17(28-18)12-9-14(19)29-15(12)20/h4-7,9,13H,2-3,8H2,1H3,(H,21,23,25). The van der Waals surface area contributed by atoms with Gasteiger partial charge >= 0.3 is 6.01 Å². The van der Waals surface area contributed by atoms with Crippen LogP contribution in [0.5, 0.6) is 0 Å². The van der Waals surface area contributed by atoms with Crippen molar-refractivity contribution in [3.63, 3.8) is 0 Å². The molecule has 0 radical (unpaired) electrons. The van der Waals surface area contributed by atoms with Gasteiger partial charge in [0, 0.05) is 6.54 Å². The van der Waals surface area contributed by atoms with E-state index in [9.17, 15) is 13.2 Å². The summed E-state index contributed by atoms with van der Waals surface area (Å²) in [5.74, 6) is -0.429. The van der Waals surface area contributed by atoms with Gasteiger partial charge in [-0.15, -0.1) is 16.4 Å². The number of nitrogens with one attached hydrogen (secondary N) is 1. The number of carbonyl (C=O) groups excluding carboxylic acids is 1. The van der Waals surface area contributed by atoms with Crippen LogP contribution >= 0.6 is 34.5 Å². The highest BCUT2D eigenvalue weighted by Gasteiger charge is 2.39. The van der Waals surface area contributed by atoms with Gasteiger partial charge in [0.25, 0.3) is 5.89 Å². The molecule has 0 spiro atoms. The zero-order valence-electron chi connectivity index (χ0n) is 15.6. The quantitative estimate of drug-likeness (QED) is 0.578. The number of amides is 1. The van der Waals surface area contributed by atoms with Crippen molar-refractivity contribution in [3.05, 3.63) is 44.6 Å². The Morgan fingerprint density at radius 1 is 1.27 bits per heavy atom. The Morgan fingerprint density at radius 2 is 2.00 bits per heavy atom. The molecule has 1 unspecified atom stereocenters. The lowest BCUT2D eigenvalue weighted by atomic mass is 10.2. The summed E-state index contributed by atoms with van der Waals surface area (Å²) < 4.78 is 33.5. The fourth-order valence-electron chi connectivity index (χ4n) is 3.19. The fraction of sp³-hybridized carbons (Fsp3) is 0.278. The molecule has 1 aliphatic rings. The summed E-state index contributed by atoms with van der Waals surface area (Å²) in [5, 5.41) is 10.2. The summed E-state index contributed by atoms with van der Waals surface area (Å²) in [7, 11) is -3.81. The van der Waals surface area contributed by atoms with Gasteiger partial charge in [-0.2, -0.15) is 4.31 Å². The lowest BCUT2D eigenvalue weighted by Crippen LogP contribution is -2.43. The molecule has 158 valence electrons. The third kappa shape index (κ3) is 4.10. The zero-order valence-corrected chi connectivity index (χ0v) is 18.8. The van der Waals surface area contributed by atoms with E-state index in [1.54, 1.807) is 18.2 Å². The topological polar surface area (TPSA) is 105 Å². The van der Waals surface area contributed by atoms with Crippen molar-refractivity contribution >= 4 is 56.5 Å². The molecule has 0 aliphatic carbocycles. The number of rotatable bonds is 5. The summed E-state index contributed by atoms with van der Waals surface area (Å²) in [6.07, 6.45) is 0.963. The first kappa shape index (κ1) is 21.3. The minimum Gasteiger partial charge on any atom is -0.403 e. The SMILES string of the molecule is Cc1ccc(S(=O)(=O)N2CCCC2C(=O)Nc2nnc(-c3cc(Cl)sc3Cl)o2)cc1. The van der Waals surface area contributed by atoms with Gasteiger partial charge in [-0.3, -0.25) is 10.1 Å². The van der Waals surface area contributed by atoms with Crippen LogP contribution in [0.2, 0.25) is 8.67 Å². The molecule has 2 aromatic heterocycles. The Morgan fingerprint density at radius 3 is 2.67 bits per heavy atom. The highest BCUT2D eigenvalue weighted by Crippen LogP contribution is 2.38. The predicted octanol–water partition coefficient (Wildman–Crippen LogP) is 4.21. The molecule has 3 aromatic rings. The van der Waals surface area contributed by atoms with Gasteiger partial charge in [-0.25, -0.2) is 8.42 Å². The Balaban J connectivity index is 1.52. The highest BCUT2D eigenvalue weighted by atomic mass is 35.5. The van der Waals surface area contributed by atoms with E-state index in [4.69, 9.17) is 27.6 Å². The van der Waals surface area contributed by atoms with Crippen LogP contribution in [0.1, 0.15) is 18.4 Å². The maximum absolute atomic E-state index is 13.0. The number of sulfonamides is 1. The molecule has 1 aromatic carbocycles. The molecule has 30 heavy (non-hydrogen) atoms. The van der Waals surface area contributed by atoms with Crippen LogP contribution in [0, 0.1) is 6.92 Å². The smallest absolute Gasteiger partial charge is 0.322 e. The van der Waals surface area contributed by atoms with E-state index in [2.05, 4.69) is 15.5 Å². The van der Waals surface area contributed by atoms with Crippen LogP contribution < -0.4 is 5.32 Å². The second kappa shape index (κ2) is 8.27. The van der Waals surface area contributed by atoms with Gasteiger partial charge in [0.2, 0.25) is 15.9 Å². The molecular formula is C18H16Cl2N4O4S2. The maximum Gasteiger partial charge on any atom is 0.322 e. The van der Waals surface area contributed by atoms with Gasteiger partial charge in [-0.05, 0) is 38.0 Å². The molecule has 4 rings (SSSR count). The van der Waals surface area contributed by atoms with Crippen LogP contribution in [-0.2, 0) is 14.8 Å². The van der Waals surface area contributed by atoms with Crippen LogP contribution in [0.15, 0.2) is 39.6 Å². The lowest BCUT2D eigenvalue weighted by Gasteiger charge is -2.22. The number of carbonyl (C=O) groups is 1. The number of aryl methyl sites for hydroxylation is 1. The minimum absolute atomic E-state index is 0.106. The molecule has 1 N–H and O–H groups in total. The molecule has 0 saturated carbocycles. The van der Waals surface area contributed by atoms with Crippen molar-refractivity contribution < 1.29 is 17.6 Å². The Kier molecular flexibility index (Phi) is 5.86. The molecule has 1 aliphatic heterocycles. The molecule has 1 saturated heterocycles. The van der Waals surface area contributed by atoms with Crippen LogP contribution in [-0.4, -0.2) is 41.4 Å². The van der Waals surface area contributed by atoms with Crippen molar-refractivity contribution in [2.24, 2.45) is 0 Å². The van der Waals surface area contributed by atoms with Gasteiger partial charge in [0.1, 0.15) is 10.4 Å².